The Balaban J connectivity index is 2.78. The van der Waals surface area contributed by atoms with Crippen molar-refractivity contribution in [3.63, 3.8) is 0 Å². The molecule has 16 heavy (non-hydrogen) atoms. The molecule has 0 heterocycles. The van der Waals surface area contributed by atoms with Crippen LogP contribution in [0.1, 0.15) is 32.3 Å². The fourth-order valence-electron chi connectivity index (χ4n) is 1.38. The molecule has 0 aliphatic rings. The van der Waals surface area contributed by atoms with Crippen molar-refractivity contribution in [1.82, 2.24) is 0 Å². The Morgan fingerprint density at radius 2 is 1.94 bits per heavy atom. The van der Waals surface area contributed by atoms with Gasteiger partial charge in [-0.15, -0.1) is 0 Å². The number of benzene rings is 1. The van der Waals surface area contributed by atoms with E-state index in [9.17, 15) is 0 Å². The van der Waals surface area contributed by atoms with Crippen molar-refractivity contribution < 1.29 is 9.47 Å². The summed E-state index contributed by atoms with van der Waals surface area (Å²) in [6.07, 6.45) is 0.114. The number of ether oxygens (including phenoxy) is 2. The fourth-order valence-corrected chi connectivity index (χ4v) is 1.76. The monoisotopic (exact) mass is 286 g/mol. The predicted molar refractivity (Wildman–Crippen MR) is 70.2 cm³/mol. The van der Waals surface area contributed by atoms with E-state index < -0.39 is 0 Å². The van der Waals surface area contributed by atoms with E-state index in [1.54, 1.807) is 7.11 Å². The van der Waals surface area contributed by atoms with Crippen LogP contribution in [0, 0.1) is 0 Å². The number of rotatable bonds is 5. The SMILES string of the molecule is COC(C)COc1ccc(Br)cc1C(C)C. The minimum Gasteiger partial charge on any atom is -0.491 e. The molecule has 1 atom stereocenters. The summed E-state index contributed by atoms with van der Waals surface area (Å²) in [5.41, 5.74) is 1.22. The normalized spacial score (nSPS) is 12.9. The molecule has 0 saturated heterocycles. The fraction of sp³-hybridized carbons (Fsp3) is 0.538. The van der Waals surface area contributed by atoms with Crippen molar-refractivity contribution in [1.29, 1.82) is 0 Å². The van der Waals surface area contributed by atoms with Crippen molar-refractivity contribution in [2.24, 2.45) is 0 Å². The van der Waals surface area contributed by atoms with Gasteiger partial charge >= 0.3 is 0 Å². The molecular formula is C13H19BrO2. The molecular weight excluding hydrogens is 268 g/mol. The highest BCUT2D eigenvalue weighted by molar-refractivity contribution is 9.10. The van der Waals surface area contributed by atoms with Crippen LogP contribution in [0.3, 0.4) is 0 Å². The minimum absolute atomic E-state index is 0.114. The van der Waals surface area contributed by atoms with E-state index in [0.717, 1.165) is 10.2 Å². The molecule has 0 fully saturated rings. The van der Waals surface area contributed by atoms with Gasteiger partial charge in [-0.1, -0.05) is 29.8 Å². The molecule has 0 aliphatic heterocycles. The van der Waals surface area contributed by atoms with Crippen LogP contribution in [-0.4, -0.2) is 19.8 Å². The molecule has 2 nitrogen and oxygen atoms in total. The van der Waals surface area contributed by atoms with Gasteiger partial charge < -0.3 is 9.47 Å². The maximum absolute atomic E-state index is 5.76. The van der Waals surface area contributed by atoms with Crippen molar-refractivity contribution in [2.45, 2.75) is 32.8 Å². The Labute approximate surface area is 106 Å². The smallest absolute Gasteiger partial charge is 0.122 e. The van der Waals surface area contributed by atoms with Crippen molar-refractivity contribution in [3.8, 4) is 5.75 Å². The van der Waals surface area contributed by atoms with Crippen molar-refractivity contribution >= 4 is 15.9 Å². The molecule has 0 aromatic heterocycles. The van der Waals surface area contributed by atoms with Gasteiger partial charge in [0.1, 0.15) is 12.4 Å². The Kier molecular flexibility index (Phi) is 5.29. The molecule has 0 radical (unpaired) electrons. The minimum atomic E-state index is 0.114. The Morgan fingerprint density at radius 1 is 1.25 bits per heavy atom. The van der Waals surface area contributed by atoms with E-state index in [4.69, 9.17) is 9.47 Å². The molecule has 0 bridgehead atoms. The molecule has 3 heteroatoms. The summed E-state index contributed by atoms with van der Waals surface area (Å²) in [4.78, 5) is 0. The lowest BCUT2D eigenvalue weighted by atomic mass is 10.0. The first-order valence-electron chi connectivity index (χ1n) is 5.49. The quantitative estimate of drug-likeness (QED) is 0.815. The molecule has 1 aromatic rings. The zero-order valence-corrected chi connectivity index (χ0v) is 11.9. The largest absolute Gasteiger partial charge is 0.491 e. The Bertz CT molecular complexity index is 337. The number of hydrogen-bond donors (Lipinski definition) is 0. The van der Waals surface area contributed by atoms with E-state index in [-0.39, 0.29) is 6.10 Å². The van der Waals surface area contributed by atoms with Gasteiger partial charge in [0.05, 0.1) is 6.10 Å². The van der Waals surface area contributed by atoms with Gasteiger partial charge in [0.25, 0.3) is 0 Å². The zero-order valence-electron chi connectivity index (χ0n) is 10.3. The third-order valence-corrected chi connectivity index (χ3v) is 2.96. The zero-order chi connectivity index (χ0) is 12.1. The van der Waals surface area contributed by atoms with E-state index in [2.05, 4.69) is 35.8 Å². The lowest BCUT2D eigenvalue weighted by Gasteiger charge is -2.16. The third kappa shape index (κ3) is 3.80. The number of hydrogen-bond acceptors (Lipinski definition) is 2. The van der Waals surface area contributed by atoms with Crippen LogP contribution in [0.2, 0.25) is 0 Å². The highest BCUT2D eigenvalue weighted by Crippen LogP contribution is 2.29. The molecule has 90 valence electrons. The van der Waals surface area contributed by atoms with Gasteiger partial charge in [0, 0.05) is 11.6 Å². The summed E-state index contributed by atoms with van der Waals surface area (Å²) >= 11 is 3.48. The lowest BCUT2D eigenvalue weighted by molar-refractivity contribution is 0.0712. The van der Waals surface area contributed by atoms with Crippen molar-refractivity contribution in [3.05, 3.63) is 28.2 Å². The second-order valence-corrected chi connectivity index (χ2v) is 5.11. The highest BCUT2D eigenvalue weighted by atomic mass is 79.9. The summed E-state index contributed by atoms with van der Waals surface area (Å²) in [5.74, 6) is 1.40. The molecule has 0 aliphatic carbocycles. The highest BCUT2D eigenvalue weighted by Gasteiger charge is 2.09. The topological polar surface area (TPSA) is 18.5 Å². The second-order valence-electron chi connectivity index (χ2n) is 4.19. The van der Waals surface area contributed by atoms with Gasteiger partial charge in [-0.3, -0.25) is 0 Å². The van der Waals surface area contributed by atoms with E-state index >= 15 is 0 Å². The molecule has 1 aromatic carbocycles. The standard InChI is InChI=1S/C13H19BrO2/c1-9(2)12-7-11(14)5-6-13(12)16-8-10(3)15-4/h5-7,9-10H,8H2,1-4H3. The van der Waals surface area contributed by atoms with Crippen LogP contribution in [0.4, 0.5) is 0 Å². The summed E-state index contributed by atoms with van der Waals surface area (Å²) in [6.45, 7) is 6.90. The van der Waals surface area contributed by atoms with Gasteiger partial charge in [-0.05, 0) is 36.6 Å². The number of halogens is 1. The van der Waals surface area contributed by atoms with Crippen LogP contribution in [0.5, 0.6) is 5.75 Å². The van der Waals surface area contributed by atoms with Gasteiger partial charge in [-0.25, -0.2) is 0 Å². The van der Waals surface area contributed by atoms with Crippen LogP contribution in [0.15, 0.2) is 22.7 Å². The first kappa shape index (κ1) is 13.5. The maximum Gasteiger partial charge on any atom is 0.122 e. The lowest BCUT2D eigenvalue weighted by Crippen LogP contribution is -2.16. The first-order chi connectivity index (χ1) is 7.54. The average molecular weight is 287 g/mol. The van der Waals surface area contributed by atoms with Crippen molar-refractivity contribution in [2.75, 3.05) is 13.7 Å². The average Bonchev–Trinajstić information content (AvgIpc) is 2.26. The summed E-state index contributed by atoms with van der Waals surface area (Å²) in [7, 11) is 1.69. The molecule has 0 saturated carbocycles. The predicted octanol–water partition coefficient (Wildman–Crippen LogP) is 3.99. The van der Waals surface area contributed by atoms with E-state index in [1.165, 1.54) is 5.56 Å². The summed E-state index contributed by atoms with van der Waals surface area (Å²) in [5, 5.41) is 0. The molecule has 0 spiro atoms. The molecule has 0 amide bonds. The first-order valence-corrected chi connectivity index (χ1v) is 6.29. The van der Waals surface area contributed by atoms with Crippen LogP contribution < -0.4 is 4.74 Å². The summed E-state index contributed by atoms with van der Waals surface area (Å²) in [6, 6.07) is 6.11. The van der Waals surface area contributed by atoms with Gasteiger partial charge in [0.2, 0.25) is 0 Å². The second kappa shape index (κ2) is 6.26. The van der Waals surface area contributed by atoms with Crippen LogP contribution in [0.25, 0.3) is 0 Å². The number of methoxy groups -OCH3 is 1. The van der Waals surface area contributed by atoms with Gasteiger partial charge in [0.15, 0.2) is 0 Å². The van der Waals surface area contributed by atoms with E-state index in [0.29, 0.717) is 12.5 Å². The Morgan fingerprint density at radius 3 is 2.50 bits per heavy atom. The van der Waals surface area contributed by atoms with E-state index in [1.807, 2.05) is 19.1 Å². The van der Waals surface area contributed by atoms with Crippen LogP contribution >= 0.6 is 15.9 Å². The van der Waals surface area contributed by atoms with Gasteiger partial charge in [-0.2, -0.15) is 0 Å². The molecule has 1 rings (SSSR count). The molecule has 0 N–H and O–H groups in total. The van der Waals surface area contributed by atoms with Crippen LogP contribution in [-0.2, 0) is 4.74 Å². The molecule has 1 unspecified atom stereocenters. The summed E-state index contributed by atoms with van der Waals surface area (Å²) < 4.78 is 12.0. The maximum atomic E-state index is 5.76. The third-order valence-electron chi connectivity index (χ3n) is 2.47. The Hall–Kier alpha value is -0.540.